The van der Waals surface area contributed by atoms with Gasteiger partial charge in [-0.15, -0.1) is 0 Å². The van der Waals surface area contributed by atoms with E-state index in [4.69, 9.17) is 23.7 Å². The number of benzene rings is 2. The predicted octanol–water partition coefficient (Wildman–Crippen LogP) is 3.33. The summed E-state index contributed by atoms with van der Waals surface area (Å²) in [5, 5.41) is 17.2. The SMILES string of the molecule is CCN(CC)CCCNCCCC(=O)N[C@@H]1c2cc3c(cc2C(c2cc(OC)c(O)c(OC)c2)[C@H]2C(=O)OC[C@H]12)OCO3. The molecule has 0 aromatic heterocycles. The van der Waals surface area contributed by atoms with Gasteiger partial charge in [-0.05, 0) is 86.5 Å². The van der Waals surface area contributed by atoms with E-state index in [1.807, 2.05) is 12.1 Å². The van der Waals surface area contributed by atoms with Gasteiger partial charge >= 0.3 is 5.97 Å². The minimum Gasteiger partial charge on any atom is -0.502 e. The number of phenols is 1. The number of nitrogens with zero attached hydrogens (tertiary/aromatic N) is 1. The van der Waals surface area contributed by atoms with E-state index in [1.165, 1.54) is 14.2 Å². The molecule has 234 valence electrons. The minimum absolute atomic E-state index is 0.0805. The molecule has 0 saturated carbocycles. The number of aromatic hydroxyl groups is 1. The molecule has 11 heteroatoms. The molecule has 2 aliphatic heterocycles. The number of phenolic OH excluding ortho intramolecular Hbond substituents is 1. The molecular weight excluding hydrogens is 554 g/mol. The summed E-state index contributed by atoms with van der Waals surface area (Å²) in [4.78, 5) is 29.0. The van der Waals surface area contributed by atoms with E-state index < -0.39 is 17.9 Å². The summed E-state index contributed by atoms with van der Waals surface area (Å²) in [5.74, 6) is -0.249. The zero-order valence-corrected chi connectivity index (χ0v) is 25.4. The van der Waals surface area contributed by atoms with Gasteiger partial charge in [-0.2, -0.15) is 0 Å². The summed E-state index contributed by atoms with van der Waals surface area (Å²) in [6.45, 7) is 9.46. The standard InChI is InChI=1S/C32H43N3O8/c1-5-35(6-2)12-8-11-33-10-7-9-27(36)34-30-21-16-24-23(42-18-43-24)15-20(21)28(29-22(30)17-41-32(29)38)19-13-25(39-3)31(37)26(14-19)40-4/h13-16,22,28-30,33,37H,5-12,17-18H2,1-4H3,(H,34,36)/t22-,28?,29-,30+/m0/s1. The number of hydrogen-bond acceptors (Lipinski definition) is 10. The number of rotatable bonds is 14. The Balaban J connectivity index is 1.37. The zero-order valence-electron chi connectivity index (χ0n) is 25.4. The molecule has 4 atom stereocenters. The second-order valence-electron chi connectivity index (χ2n) is 11.2. The third kappa shape index (κ3) is 6.33. The van der Waals surface area contributed by atoms with Gasteiger partial charge < -0.3 is 44.3 Å². The quantitative estimate of drug-likeness (QED) is 0.220. The lowest BCUT2D eigenvalue weighted by Gasteiger charge is -2.39. The minimum atomic E-state index is -0.579. The summed E-state index contributed by atoms with van der Waals surface area (Å²) in [6, 6.07) is 6.77. The van der Waals surface area contributed by atoms with Crippen LogP contribution in [0.1, 0.15) is 61.8 Å². The molecule has 3 N–H and O–H groups in total. The Labute approximate surface area is 252 Å². The van der Waals surface area contributed by atoms with Crippen molar-refractivity contribution in [2.24, 2.45) is 11.8 Å². The molecular formula is C32H43N3O8. The average Bonchev–Trinajstić information content (AvgIpc) is 3.64. The smallest absolute Gasteiger partial charge is 0.310 e. The number of hydrogen-bond donors (Lipinski definition) is 3. The summed E-state index contributed by atoms with van der Waals surface area (Å²) >= 11 is 0. The summed E-state index contributed by atoms with van der Waals surface area (Å²) in [5.41, 5.74) is 2.39. The number of ether oxygens (including phenoxy) is 5. The highest BCUT2D eigenvalue weighted by molar-refractivity contribution is 5.81. The number of nitrogens with one attached hydrogen (secondary N) is 2. The van der Waals surface area contributed by atoms with Gasteiger partial charge in [-0.3, -0.25) is 9.59 Å². The zero-order chi connectivity index (χ0) is 30.5. The van der Waals surface area contributed by atoms with Crippen LogP contribution in [0.2, 0.25) is 0 Å². The van der Waals surface area contributed by atoms with Crippen LogP contribution in [-0.2, 0) is 14.3 Å². The van der Waals surface area contributed by atoms with Gasteiger partial charge in [0.15, 0.2) is 23.0 Å². The lowest BCUT2D eigenvalue weighted by Crippen LogP contribution is -2.43. The highest BCUT2D eigenvalue weighted by Gasteiger charge is 2.53. The van der Waals surface area contributed by atoms with Crippen LogP contribution in [0.25, 0.3) is 0 Å². The number of methoxy groups -OCH3 is 2. The molecule has 1 fully saturated rings. The van der Waals surface area contributed by atoms with Gasteiger partial charge in [0.1, 0.15) is 0 Å². The largest absolute Gasteiger partial charge is 0.502 e. The number of fused-ring (bicyclic) bond motifs is 3. The molecule has 2 heterocycles. The predicted molar refractivity (Wildman–Crippen MR) is 159 cm³/mol. The van der Waals surface area contributed by atoms with Crippen molar-refractivity contribution in [3.05, 3.63) is 41.0 Å². The lowest BCUT2D eigenvalue weighted by molar-refractivity contribution is -0.141. The first-order chi connectivity index (χ1) is 20.9. The summed E-state index contributed by atoms with van der Waals surface area (Å²) in [7, 11) is 2.93. The van der Waals surface area contributed by atoms with Crippen molar-refractivity contribution in [2.75, 3.05) is 60.3 Å². The van der Waals surface area contributed by atoms with Gasteiger partial charge in [0.2, 0.25) is 18.4 Å². The van der Waals surface area contributed by atoms with Crippen molar-refractivity contribution in [3.63, 3.8) is 0 Å². The van der Waals surface area contributed by atoms with E-state index in [9.17, 15) is 14.7 Å². The second kappa shape index (κ2) is 13.7. The Bertz CT molecular complexity index is 1290. The Morgan fingerprint density at radius 1 is 0.977 bits per heavy atom. The maximum Gasteiger partial charge on any atom is 0.310 e. The molecule has 1 aliphatic carbocycles. The van der Waals surface area contributed by atoms with E-state index in [1.54, 1.807) is 12.1 Å². The van der Waals surface area contributed by atoms with E-state index in [2.05, 4.69) is 29.4 Å². The Hall–Kier alpha value is -3.70. The van der Waals surface area contributed by atoms with Crippen molar-refractivity contribution in [2.45, 2.75) is 45.1 Å². The topological polar surface area (TPSA) is 128 Å². The molecule has 0 spiro atoms. The number of amides is 1. The first-order valence-electron chi connectivity index (χ1n) is 15.2. The van der Waals surface area contributed by atoms with Crippen LogP contribution < -0.4 is 29.6 Å². The van der Waals surface area contributed by atoms with Gasteiger partial charge in [0.05, 0.1) is 32.8 Å². The van der Waals surface area contributed by atoms with E-state index in [0.717, 1.165) is 55.8 Å². The third-order valence-corrected chi connectivity index (χ3v) is 8.84. The highest BCUT2D eigenvalue weighted by Crippen LogP contribution is 2.55. The van der Waals surface area contributed by atoms with Crippen LogP contribution in [0.4, 0.5) is 0 Å². The third-order valence-electron chi connectivity index (χ3n) is 8.84. The fourth-order valence-electron chi connectivity index (χ4n) is 6.55. The van der Waals surface area contributed by atoms with Crippen molar-refractivity contribution >= 4 is 11.9 Å². The molecule has 2 aromatic carbocycles. The Kier molecular flexibility index (Phi) is 9.82. The first-order valence-corrected chi connectivity index (χ1v) is 15.2. The fourth-order valence-corrected chi connectivity index (χ4v) is 6.55. The summed E-state index contributed by atoms with van der Waals surface area (Å²) < 4.78 is 27.9. The number of esters is 1. The van der Waals surface area contributed by atoms with Crippen molar-refractivity contribution in [1.82, 2.24) is 15.5 Å². The highest BCUT2D eigenvalue weighted by atomic mass is 16.7. The maximum atomic E-state index is 13.3. The lowest BCUT2D eigenvalue weighted by atomic mass is 9.65. The molecule has 11 nitrogen and oxygen atoms in total. The maximum absolute atomic E-state index is 13.3. The molecule has 1 saturated heterocycles. The Morgan fingerprint density at radius 3 is 2.28 bits per heavy atom. The Morgan fingerprint density at radius 2 is 1.63 bits per heavy atom. The van der Waals surface area contributed by atoms with E-state index >= 15 is 0 Å². The molecule has 3 aliphatic rings. The monoisotopic (exact) mass is 597 g/mol. The first kappa shape index (κ1) is 30.7. The molecule has 5 rings (SSSR count). The van der Waals surface area contributed by atoms with Crippen LogP contribution in [-0.4, -0.2) is 82.2 Å². The molecule has 1 unspecified atom stereocenters. The van der Waals surface area contributed by atoms with Crippen LogP contribution in [0, 0.1) is 11.8 Å². The number of carbonyl (C=O) groups excluding carboxylic acids is 2. The van der Waals surface area contributed by atoms with Crippen molar-refractivity contribution < 1.29 is 38.4 Å². The van der Waals surface area contributed by atoms with Gasteiger partial charge in [0, 0.05) is 18.3 Å². The van der Waals surface area contributed by atoms with Crippen LogP contribution in [0.3, 0.4) is 0 Å². The molecule has 2 aromatic rings. The van der Waals surface area contributed by atoms with E-state index in [0.29, 0.717) is 24.3 Å². The number of cyclic esters (lactones) is 1. The summed E-state index contributed by atoms with van der Waals surface area (Å²) in [6.07, 6.45) is 2.14. The van der Waals surface area contributed by atoms with Gasteiger partial charge in [-0.25, -0.2) is 0 Å². The van der Waals surface area contributed by atoms with Crippen LogP contribution in [0.5, 0.6) is 28.7 Å². The average molecular weight is 598 g/mol. The van der Waals surface area contributed by atoms with Crippen molar-refractivity contribution in [1.29, 1.82) is 0 Å². The molecule has 0 radical (unpaired) electrons. The molecule has 0 bridgehead atoms. The fraction of sp³-hybridized carbons (Fsp3) is 0.562. The van der Waals surface area contributed by atoms with Crippen LogP contribution >= 0.6 is 0 Å². The van der Waals surface area contributed by atoms with E-state index in [-0.39, 0.29) is 48.4 Å². The second-order valence-corrected chi connectivity index (χ2v) is 11.2. The molecule has 1 amide bonds. The van der Waals surface area contributed by atoms with Crippen LogP contribution in [0.15, 0.2) is 24.3 Å². The normalized spacial score (nSPS) is 21.7. The molecule has 43 heavy (non-hydrogen) atoms. The number of carbonyl (C=O) groups is 2. The van der Waals surface area contributed by atoms with Gasteiger partial charge in [-0.1, -0.05) is 13.8 Å². The van der Waals surface area contributed by atoms with Crippen molar-refractivity contribution in [3.8, 4) is 28.7 Å². The van der Waals surface area contributed by atoms with Gasteiger partial charge in [0.25, 0.3) is 0 Å².